The van der Waals surface area contributed by atoms with E-state index < -0.39 is 24.5 Å². The van der Waals surface area contributed by atoms with Crippen LogP contribution in [0.4, 0.5) is 19.1 Å². The number of carbonyl (C=O) groups is 2. The number of benzene rings is 2. The van der Waals surface area contributed by atoms with E-state index in [1.165, 1.54) is 10.1 Å². The Morgan fingerprint density at radius 1 is 0.964 bits per heavy atom. The van der Waals surface area contributed by atoms with E-state index in [1.807, 2.05) is 36.5 Å². The Bertz CT molecular complexity index is 2200. The van der Waals surface area contributed by atoms with Crippen LogP contribution in [0.15, 0.2) is 59.7 Å². The molecule has 3 N–H and O–H groups in total. The van der Waals surface area contributed by atoms with Gasteiger partial charge < -0.3 is 19.9 Å². The predicted octanol–water partition coefficient (Wildman–Crippen LogP) is 4.78. The summed E-state index contributed by atoms with van der Waals surface area (Å²) in [5, 5.41) is 5.80. The first kappa shape index (κ1) is 38.2. The maximum Gasteiger partial charge on any atom is 0.390 e. The molecule has 2 fully saturated rings. The Morgan fingerprint density at radius 3 is 2.56 bits per heavy atom. The zero-order valence-corrected chi connectivity index (χ0v) is 30.8. The first-order chi connectivity index (χ1) is 26.5. The van der Waals surface area contributed by atoms with Crippen molar-refractivity contribution in [2.24, 2.45) is 7.05 Å². The second-order valence-electron chi connectivity index (χ2n) is 14.3. The average molecular weight is 762 g/mol. The SMILES string of the molecule is Cn1c(=O)n([C@H]2CCC(=O)NC2=O)c2ccc(CCCOCCCN3CCN(Cc4cccc(-c5c[nH]c6nc(NCCC(F)(F)F)ncc56)c4)CC3)cc21. The Labute approximate surface area is 315 Å². The fourth-order valence-electron chi connectivity index (χ4n) is 7.48. The van der Waals surface area contributed by atoms with Gasteiger partial charge in [0.1, 0.15) is 11.7 Å². The van der Waals surface area contributed by atoms with Gasteiger partial charge in [-0.1, -0.05) is 24.3 Å². The molecule has 3 aromatic heterocycles. The van der Waals surface area contributed by atoms with Crippen LogP contribution in [-0.2, 0) is 34.3 Å². The summed E-state index contributed by atoms with van der Waals surface area (Å²) in [6.07, 6.45) is 1.46. The number of imide groups is 1. The molecule has 16 heteroatoms. The topological polar surface area (TPSA) is 142 Å². The summed E-state index contributed by atoms with van der Waals surface area (Å²) >= 11 is 0. The number of aryl methyl sites for hydroxylation is 2. The number of rotatable bonds is 15. The van der Waals surface area contributed by atoms with E-state index in [2.05, 4.69) is 47.5 Å². The van der Waals surface area contributed by atoms with Crippen LogP contribution in [-0.4, -0.2) is 104 Å². The normalized spacial score (nSPS) is 17.3. The third kappa shape index (κ3) is 9.26. The number of carbonyl (C=O) groups excluding carboxylic acids is 2. The molecule has 2 aromatic carbocycles. The molecule has 5 heterocycles. The Balaban J connectivity index is 0.808. The number of halogens is 3. The highest BCUT2D eigenvalue weighted by Crippen LogP contribution is 2.29. The molecule has 0 spiro atoms. The highest BCUT2D eigenvalue weighted by Gasteiger charge is 2.31. The number of nitrogens with one attached hydrogen (secondary N) is 3. The fraction of sp³-hybridized carbons (Fsp3) is 0.462. The molecule has 2 aliphatic rings. The lowest BCUT2D eigenvalue weighted by atomic mass is 10.0. The van der Waals surface area contributed by atoms with Gasteiger partial charge in [-0.15, -0.1) is 0 Å². The summed E-state index contributed by atoms with van der Waals surface area (Å²) in [6, 6.07) is 13.6. The van der Waals surface area contributed by atoms with E-state index in [-0.39, 0.29) is 30.5 Å². The van der Waals surface area contributed by atoms with Crippen molar-refractivity contribution < 1.29 is 27.5 Å². The monoisotopic (exact) mass is 761 g/mol. The molecule has 55 heavy (non-hydrogen) atoms. The number of aromatic amines is 1. The van der Waals surface area contributed by atoms with E-state index in [4.69, 9.17) is 4.74 Å². The minimum absolute atomic E-state index is 0.159. The van der Waals surface area contributed by atoms with Crippen molar-refractivity contribution in [1.29, 1.82) is 0 Å². The molecule has 2 saturated heterocycles. The number of fused-ring (bicyclic) bond motifs is 2. The van der Waals surface area contributed by atoms with Crippen molar-refractivity contribution in [1.82, 2.24) is 39.2 Å². The quantitative estimate of drug-likeness (QED) is 0.102. The van der Waals surface area contributed by atoms with Gasteiger partial charge in [0.05, 0.1) is 17.5 Å². The van der Waals surface area contributed by atoms with E-state index in [1.54, 1.807) is 17.8 Å². The standard InChI is InChI=1S/C39H46F3N9O4/c1-48-33-22-26(8-9-31(33)51(38(48)54)32-10-11-34(52)46-36(32)53)6-3-19-55-20-4-14-49-15-17-50(18-16-49)25-27-5-2-7-28(21-27)29-23-44-35-30(29)24-45-37(47-35)43-13-12-39(40,41)42/h2,5,7-9,21-24,32H,3-4,6,10-20,25H2,1H3,(H,46,52,53)(H2,43,44,45,47)/t32-/m0/s1. The van der Waals surface area contributed by atoms with E-state index in [0.29, 0.717) is 30.8 Å². The zero-order chi connectivity index (χ0) is 38.5. The largest absolute Gasteiger partial charge is 0.390 e. The van der Waals surface area contributed by atoms with Crippen LogP contribution >= 0.6 is 0 Å². The summed E-state index contributed by atoms with van der Waals surface area (Å²) in [6.45, 7) is 6.83. The van der Waals surface area contributed by atoms with Crippen LogP contribution < -0.4 is 16.3 Å². The molecule has 0 radical (unpaired) electrons. The third-order valence-electron chi connectivity index (χ3n) is 10.4. The number of hydrogen-bond acceptors (Lipinski definition) is 9. The minimum atomic E-state index is -4.24. The van der Waals surface area contributed by atoms with Crippen LogP contribution in [0.3, 0.4) is 0 Å². The van der Waals surface area contributed by atoms with Crippen molar-refractivity contribution in [2.75, 3.05) is 57.8 Å². The van der Waals surface area contributed by atoms with Crippen LogP contribution in [0.25, 0.3) is 33.2 Å². The summed E-state index contributed by atoms with van der Waals surface area (Å²) in [5.74, 6) is -0.583. The second kappa shape index (κ2) is 16.8. The number of piperazine rings is 1. The molecule has 1 atom stereocenters. The lowest BCUT2D eigenvalue weighted by Gasteiger charge is -2.34. The molecule has 13 nitrogen and oxygen atoms in total. The maximum atomic E-state index is 13.0. The van der Waals surface area contributed by atoms with Crippen LogP contribution in [0.5, 0.6) is 0 Å². The highest BCUT2D eigenvalue weighted by molar-refractivity contribution is 6.00. The number of amides is 2. The molecule has 0 aliphatic carbocycles. The summed E-state index contributed by atoms with van der Waals surface area (Å²) in [7, 11) is 1.71. The molecular weight excluding hydrogens is 715 g/mol. The number of imidazole rings is 1. The van der Waals surface area contributed by atoms with Gasteiger partial charge in [0.2, 0.25) is 17.8 Å². The summed E-state index contributed by atoms with van der Waals surface area (Å²) in [5.41, 5.74) is 6.03. The van der Waals surface area contributed by atoms with Gasteiger partial charge in [0, 0.05) is 95.8 Å². The number of piperidine rings is 1. The Hall–Kier alpha value is -5.06. The molecule has 5 aromatic rings. The van der Waals surface area contributed by atoms with Crippen LogP contribution in [0.2, 0.25) is 0 Å². The average Bonchev–Trinajstić information content (AvgIpc) is 3.69. The van der Waals surface area contributed by atoms with Crippen LogP contribution in [0, 0.1) is 0 Å². The first-order valence-electron chi connectivity index (χ1n) is 18.8. The number of hydrogen-bond donors (Lipinski definition) is 3. The van der Waals surface area contributed by atoms with E-state index in [9.17, 15) is 27.6 Å². The molecule has 2 amide bonds. The second-order valence-corrected chi connectivity index (χ2v) is 14.3. The minimum Gasteiger partial charge on any atom is -0.381 e. The van der Waals surface area contributed by atoms with Gasteiger partial charge in [-0.05, 0) is 60.6 Å². The van der Waals surface area contributed by atoms with Crippen molar-refractivity contribution in [3.63, 3.8) is 0 Å². The van der Waals surface area contributed by atoms with Crippen molar-refractivity contribution >= 4 is 39.8 Å². The molecule has 0 unspecified atom stereocenters. The number of nitrogens with zero attached hydrogens (tertiary/aromatic N) is 6. The van der Waals surface area contributed by atoms with Crippen molar-refractivity contribution in [3.8, 4) is 11.1 Å². The molecular formula is C39H46F3N9O4. The summed E-state index contributed by atoms with van der Waals surface area (Å²) < 4.78 is 46.5. The summed E-state index contributed by atoms with van der Waals surface area (Å²) in [4.78, 5) is 53.7. The number of anilines is 1. The van der Waals surface area contributed by atoms with Gasteiger partial charge in [0.15, 0.2) is 0 Å². The zero-order valence-electron chi connectivity index (χ0n) is 30.8. The molecule has 7 rings (SSSR count). The molecule has 0 saturated carbocycles. The van der Waals surface area contributed by atoms with Gasteiger partial charge in [-0.3, -0.25) is 28.9 Å². The van der Waals surface area contributed by atoms with Crippen LogP contribution in [0.1, 0.15) is 49.3 Å². The lowest BCUT2D eigenvalue weighted by Crippen LogP contribution is -2.46. The fourth-order valence-corrected chi connectivity index (χ4v) is 7.48. The Kier molecular flexibility index (Phi) is 11.6. The number of alkyl halides is 3. The molecule has 292 valence electrons. The van der Waals surface area contributed by atoms with Gasteiger partial charge in [-0.2, -0.15) is 18.2 Å². The number of ether oxygens (including phenoxy) is 1. The number of H-pyrrole nitrogens is 1. The maximum absolute atomic E-state index is 13.0. The lowest BCUT2D eigenvalue weighted by molar-refractivity contribution is -0.136. The van der Waals surface area contributed by atoms with Crippen molar-refractivity contribution in [2.45, 2.75) is 57.3 Å². The number of aromatic nitrogens is 5. The van der Waals surface area contributed by atoms with Crippen molar-refractivity contribution in [3.05, 3.63) is 76.5 Å². The molecule has 0 bridgehead atoms. The van der Waals surface area contributed by atoms with E-state index in [0.717, 1.165) is 86.1 Å². The molecule has 2 aliphatic heterocycles. The highest BCUT2D eigenvalue weighted by atomic mass is 19.4. The van der Waals surface area contributed by atoms with E-state index >= 15 is 0 Å². The Morgan fingerprint density at radius 2 is 1.76 bits per heavy atom. The third-order valence-corrected chi connectivity index (χ3v) is 10.4. The van der Waals surface area contributed by atoms with Gasteiger partial charge in [0.25, 0.3) is 0 Å². The predicted molar refractivity (Wildman–Crippen MR) is 203 cm³/mol. The first-order valence-corrected chi connectivity index (χ1v) is 18.8. The smallest absolute Gasteiger partial charge is 0.381 e. The van der Waals surface area contributed by atoms with Gasteiger partial charge >= 0.3 is 11.9 Å². The van der Waals surface area contributed by atoms with Gasteiger partial charge in [-0.25, -0.2) is 9.78 Å².